The fourth-order valence-electron chi connectivity index (χ4n) is 2.47. The maximum Gasteiger partial charge on any atom is 0.264 e. The molecule has 0 saturated carbocycles. The summed E-state index contributed by atoms with van der Waals surface area (Å²) in [6.07, 6.45) is 1.59. The van der Waals surface area contributed by atoms with Crippen LogP contribution in [0.5, 0.6) is 5.75 Å². The molecule has 0 atom stereocenters. The quantitative estimate of drug-likeness (QED) is 0.666. The summed E-state index contributed by atoms with van der Waals surface area (Å²) in [5.74, 6) is 0.655. The lowest BCUT2D eigenvalue weighted by atomic mass is 10.1. The number of benzene rings is 2. The number of nitrogens with one attached hydrogen (secondary N) is 1. The van der Waals surface area contributed by atoms with Gasteiger partial charge in [0.15, 0.2) is 6.61 Å². The van der Waals surface area contributed by atoms with E-state index in [1.54, 1.807) is 11.0 Å². The number of amides is 1. The van der Waals surface area contributed by atoms with Gasteiger partial charge in [0.1, 0.15) is 12.1 Å². The van der Waals surface area contributed by atoms with E-state index in [0.29, 0.717) is 12.3 Å². The first kappa shape index (κ1) is 18.1. The second-order valence-electron chi connectivity index (χ2n) is 6.00. The summed E-state index contributed by atoms with van der Waals surface area (Å²) in [7, 11) is 0. The van der Waals surface area contributed by atoms with E-state index in [9.17, 15) is 4.79 Å². The Morgan fingerprint density at radius 3 is 2.69 bits per heavy atom. The summed E-state index contributed by atoms with van der Waals surface area (Å²) < 4.78 is 8.26. The van der Waals surface area contributed by atoms with Gasteiger partial charge in [0.05, 0.1) is 6.54 Å². The number of hydrogen-bond acceptors (Lipinski definition) is 4. The molecule has 0 fully saturated rings. The SMILES string of the molecule is Cc1ccc(OCC(=O)Nc2ncn(Cc3ccc(Br)cc3)n2)c(C)c1. The Labute approximate surface area is 160 Å². The number of ether oxygens (including phenoxy) is 1. The third-order valence-corrected chi connectivity index (χ3v) is 4.26. The molecule has 1 N–H and O–H groups in total. The zero-order valence-electron chi connectivity index (χ0n) is 14.6. The van der Waals surface area contributed by atoms with Crippen LogP contribution < -0.4 is 10.1 Å². The Morgan fingerprint density at radius 2 is 1.96 bits per heavy atom. The van der Waals surface area contributed by atoms with E-state index in [1.165, 1.54) is 0 Å². The lowest BCUT2D eigenvalue weighted by Gasteiger charge is -2.09. The maximum absolute atomic E-state index is 12.0. The van der Waals surface area contributed by atoms with Crippen LogP contribution in [-0.4, -0.2) is 27.3 Å². The van der Waals surface area contributed by atoms with Gasteiger partial charge in [-0.05, 0) is 43.2 Å². The van der Waals surface area contributed by atoms with E-state index in [4.69, 9.17) is 4.74 Å². The molecule has 3 aromatic rings. The smallest absolute Gasteiger partial charge is 0.264 e. The molecule has 0 radical (unpaired) electrons. The molecule has 1 aromatic heterocycles. The summed E-state index contributed by atoms with van der Waals surface area (Å²) in [5, 5.41) is 6.90. The van der Waals surface area contributed by atoms with Gasteiger partial charge in [-0.1, -0.05) is 45.8 Å². The molecule has 0 unspecified atom stereocenters. The summed E-state index contributed by atoms with van der Waals surface area (Å²) in [4.78, 5) is 16.1. The predicted molar refractivity (Wildman–Crippen MR) is 103 cm³/mol. The van der Waals surface area contributed by atoms with Crippen molar-refractivity contribution in [1.29, 1.82) is 0 Å². The fourth-order valence-corrected chi connectivity index (χ4v) is 2.73. The van der Waals surface area contributed by atoms with Crippen molar-refractivity contribution in [2.45, 2.75) is 20.4 Å². The number of carbonyl (C=O) groups is 1. The number of nitrogens with zero attached hydrogens (tertiary/aromatic N) is 3. The summed E-state index contributed by atoms with van der Waals surface area (Å²) >= 11 is 3.41. The third kappa shape index (κ3) is 4.92. The van der Waals surface area contributed by atoms with Crippen molar-refractivity contribution in [3.05, 3.63) is 70.0 Å². The van der Waals surface area contributed by atoms with Gasteiger partial charge in [-0.15, -0.1) is 5.10 Å². The molecule has 7 heteroatoms. The highest BCUT2D eigenvalue weighted by Gasteiger charge is 2.09. The number of anilines is 1. The molecule has 6 nitrogen and oxygen atoms in total. The first-order chi connectivity index (χ1) is 12.5. The van der Waals surface area contributed by atoms with Gasteiger partial charge in [-0.2, -0.15) is 0 Å². The van der Waals surface area contributed by atoms with Gasteiger partial charge >= 0.3 is 0 Å². The van der Waals surface area contributed by atoms with E-state index in [2.05, 4.69) is 31.3 Å². The first-order valence-corrected chi connectivity index (χ1v) is 8.93. The zero-order chi connectivity index (χ0) is 18.5. The Bertz CT molecular complexity index is 906. The van der Waals surface area contributed by atoms with Crippen LogP contribution in [-0.2, 0) is 11.3 Å². The average Bonchev–Trinajstić information content (AvgIpc) is 3.03. The molecule has 0 bridgehead atoms. The Kier molecular flexibility index (Phi) is 5.68. The number of hydrogen-bond donors (Lipinski definition) is 1. The minimum atomic E-state index is -0.300. The molecule has 26 heavy (non-hydrogen) atoms. The van der Waals surface area contributed by atoms with Crippen LogP contribution in [0, 0.1) is 13.8 Å². The van der Waals surface area contributed by atoms with Crippen LogP contribution >= 0.6 is 15.9 Å². The lowest BCUT2D eigenvalue weighted by molar-refractivity contribution is -0.118. The zero-order valence-corrected chi connectivity index (χ0v) is 16.2. The van der Waals surface area contributed by atoms with Crippen LogP contribution in [0.4, 0.5) is 5.95 Å². The van der Waals surface area contributed by atoms with Crippen LogP contribution in [0.1, 0.15) is 16.7 Å². The molecule has 0 aliphatic carbocycles. The van der Waals surface area contributed by atoms with Crippen molar-refractivity contribution < 1.29 is 9.53 Å². The Morgan fingerprint density at radius 1 is 1.19 bits per heavy atom. The van der Waals surface area contributed by atoms with E-state index in [0.717, 1.165) is 21.2 Å². The molecule has 0 spiro atoms. The van der Waals surface area contributed by atoms with Gasteiger partial charge < -0.3 is 4.74 Å². The van der Waals surface area contributed by atoms with Crippen molar-refractivity contribution in [3.8, 4) is 5.75 Å². The van der Waals surface area contributed by atoms with Crippen molar-refractivity contribution in [2.75, 3.05) is 11.9 Å². The predicted octanol–water partition coefficient (Wildman–Crippen LogP) is 3.72. The van der Waals surface area contributed by atoms with Crippen LogP contribution in [0.2, 0.25) is 0 Å². The minimum absolute atomic E-state index is 0.0921. The number of halogens is 1. The lowest BCUT2D eigenvalue weighted by Crippen LogP contribution is -2.21. The molecule has 2 aromatic carbocycles. The first-order valence-electron chi connectivity index (χ1n) is 8.13. The molecular weight excluding hydrogens is 396 g/mol. The van der Waals surface area contributed by atoms with Gasteiger partial charge in [0.2, 0.25) is 5.95 Å². The van der Waals surface area contributed by atoms with Crippen molar-refractivity contribution in [2.24, 2.45) is 0 Å². The van der Waals surface area contributed by atoms with Gasteiger partial charge in [-0.25, -0.2) is 9.67 Å². The van der Waals surface area contributed by atoms with Gasteiger partial charge in [0.25, 0.3) is 5.91 Å². The summed E-state index contributed by atoms with van der Waals surface area (Å²) in [5.41, 5.74) is 3.24. The summed E-state index contributed by atoms with van der Waals surface area (Å²) in [6, 6.07) is 13.8. The van der Waals surface area contributed by atoms with Gasteiger partial charge in [-0.3, -0.25) is 10.1 Å². The van der Waals surface area contributed by atoms with Gasteiger partial charge in [0, 0.05) is 4.47 Å². The molecular formula is C19H19BrN4O2. The number of aryl methyl sites for hydroxylation is 2. The van der Waals surface area contributed by atoms with E-state index in [1.807, 2.05) is 56.3 Å². The normalized spacial score (nSPS) is 10.6. The second kappa shape index (κ2) is 8.14. The number of carbonyl (C=O) groups excluding carboxylic acids is 1. The topological polar surface area (TPSA) is 69.0 Å². The minimum Gasteiger partial charge on any atom is -0.483 e. The highest BCUT2D eigenvalue weighted by atomic mass is 79.9. The molecule has 1 amide bonds. The van der Waals surface area contributed by atoms with Crippen LogP contribution in [0.25, 0.3) is 0 Å². The van der Waals surface area contributed by atoms with Crippen molar-refractivity contribution in [3.63, 3.8) is 0 Å². The largest absolute Gasteiger partial charge is 0.483 e. The monoisotopic (exact) mass is 414 g/mol. The second-order valence-corrected chi connectivity index (χ2v) is 6.91. The number of rotatable bonds is 6. The Balaban J connectivity index is 1.53. The highest BCUT2D eigenvalue weighted by molar-refractivity contribution is 9.10. The van der Waals surface area contributed by atoms with Crippen LogP contribution in [0.15, 0.2) is 53.3 Å². The van der Waals surface area contributed by atoms with Crippen LogP contribution in [0.3, 0.4) is 0 Å². The van der Waals surface area contributed by atoms with Crippen molar-refractivity contribution in [1.82, 2.24) is 14.8 Å². The third-order valence-electron chi connectivity index (χ3n) is 3.73. The molecule has 0 aliphatic heterocycles. The van der Waals surface area contributed by atoms with E-state index in [-0.39, 0.29) is 18.5 Å². The summed E-state index contributed by atoms with van der Waals surface area (Å²) in [6.45, 7) is 4.45. The van der Waals surface area contributed by atoms with Crippen molar-refractivity contribution >= 4 is 27.8 Å². The molecule has 3 rings (SSSR count). The molecule has 134 valence electrons. The van der Waals surface area contributed by atoms with E-state index < -0.39 is 0 Å². The number of aromatic nitrogens is 3. The highest BCUT2D eigenvalue weighted by Crippen LogP contribution is 2.18. The molecule has 0 aliphatic rings. The Hall–Kier alpha value is -2.67. The molecule has 1 heterocycles. The fraction of sp³-hybridized carbons (Fsp3) is 0.211. The average molecular weight is 415 g/mol. The maximum atomic E-state index is 12.0. The standard InChI is InChI=1S/C19H19BrN4O2/c1-13-3-8-17(14(2)9-13)26-11-18(25)22-19-21-12-24(23-19)10-15-4-6-16(20)7-5-15/h3-9,12H,10-11H2,1-2H3,(H,22,23,25). The van der Waals surface area contributed by atoms with E-state index >= 15 is 0 Å². The molecule has 0 saturated heterocycles.